The van der Waals surface area contributed by atoms with Crippen LogP contribution in [-0.4, -0.2) is 23.7 Å². The van der Waals surface area contributed by atoms with Gasteiger partial charge in [-0.2, -0.15) is 0 Å². The highest BCUT2D eigenvalue weighted by Crippen LogP contribution is 2.19. The summed E-state index contributed by atoms with van der Waals surface area (Å²) in [4.78, 5) is 23.9. The molecular weight excluding hydrogens is 226 g/mol. The summed E-state index contributed by atoms with van der Waals surface area (Å²) in [5, 5.41) is 3.30. The van der Waals surface area contributed by atoms with E-state index in [1.165, 1.54) is 0 Å². The molecule has 0 saturated heterocycles. The molecule has 18 heavy (non-hydrogen) atoms. The number of carbonyl (C=O) groups is 2. The summed E-state index contributed by atoms with van der Waals surface area (Å²) >= 11 is 0. The van der Waals surface area contributed by atoms with Crippen LogP contribution in [0.4, 0.5) is 0 Å². The van der Waals surface area contributed by atoms with Crippen LogP contribution in [0.25, 0.3) is 0 Å². The van der Waals surface area contributed by atoms with Gasteiger partial charge in [-0.05, 0) is 18.8 Å². The van der Waals surface area contributed by atoms with Crippen molar-refractivity contribution in [1.82, 2.24) is 5.32 Å². The Balaban J connectivity index is 4.72. The minimum atomic E-state index is -0.148. The zero-order valence-electron chi connectivity index (χ0n) is 12.9. The molecule has 0 aliphatic rings. The number of hydrogen-bond donors (Lipinski definition) is 1. The highest BCUT2D eigenvalue weighted by Gasteiger charge is 2.28. The summed E-state index contributed by atoms with van der Waals surface area (Å²) in [5.41, 5.74) is 0. The van der Waals surface area contributed by atoms with Crippen LogP contribution in [0.15, 0.2) is 0 Å². The predicted molar refractivity (Wildman–Crippen MR) is 75.5 cm³/mol. The van der Waals surface area contributed by atoms with E-state index >= 15 is 0 Å². The number of nitrogens with one attached hydrogen (secondary N) is 1. The fourth-order valence-corrected chi connectivity index (χ4v) is 2.21. The van der Waals surface area contributed by atoms with E-state index in [-0.39, 0.29) is 41.4 Å². The van der Waals surface area contributed by atoms with Crippen molar-refractivity contribution >= 4 is 11.6 Å². The molecule has 0 heterocycles. The van der Waals surface area contributed by atoms with Gasteiger partial charge in [-0.3, -0.25) is 9.59 Å². The first-order valence-corrected chi connectivity index (χ1v) is 6.96. The third kappa shape index (κ3) is 5.76. The van der Waals surface area contributed by atoms with Gasteiger partial charge < -0.3 is 5.32 Å². The van der Waals surface area contributed by atoms with Crippen molar-refractivity contribution < 1.29 is 9.59 Å². The molecular formula is C15H29NO2. The van der Waals surface area contributed by atoms with E-state index in [0.717, 1.165) is 0 Å². The van der Waals surface area contributed by atoms with Crippen LogP contribution < -0.4 is 5.32 Å². The molecule has 0 aliphatic carbocycles. The van der Waals surface area contributed by atoms with E-state index in [0.29, 0.717) is 6.42 Å². The molecule has 0 spiro atoms. The predicted octanol–water partition coefficient (Wildman–Crippen LogP) is 2.83. The molecule has 2 atom stereocenters. The van der Waals surface area contributed by atoms with Gasteiger partial charge in [0.15, 0.2) is 5.78 Å². The summed E-state index contributed by atoms with van der Waals surface area (Å²) in [6, 6.07) is 0.127. The smallest absolute Gasteiger partial charge is 0.150 e. The zero-order valence-corrected chi connectivity index (χ0v) is 12.9. The minimum Gasteiger partial charge on any atom is -0.305 e. The van der Waals surface area contributed by atoms with Crippen LogP contribution in [0.2, 0.25) is 0 Å². The molecule has 1 N–H and O–H groups in total. The van der Waals surface area contributed by atoms with Crippen LogP contribution in [-0.2, 0) is 9.59 Å². The first-order valence-electron chi connectivity index (χ1n) is 6.96. The Labute approximate surface area is 112 Å². The largest absolute Gasteiger partial charge is 0.305 e. The van der Waals surface area contributed by atoms with Crippen molar-refractivity contribution in [2.45, 2.75) is 67.0 Å². The van der Waals surface area contributed by atoms with E-state index in [1.54, 1.807) is 6.92 Å². The standard InChI is InChI=1S/C15H29NO2/c1-9(2)13(12(7)17)8-14(18)15(10(3)4)16-11(5)6/h9-11,13,15-16H,8H2,1-7H3. The van der Waals surface area contributed by atoms with E-state index in [1.807, 2.05) is 41.5 Å². The molecule has 0 bridgehead atoms. The molecule has 0 aromatic heterocycles. The lowest BCUT2D eigenvalue weighted by Crippen LogP contribution is -2.45. The Morgan fingerprint density at radius 1 is 0.944 bits per heavy atom. The molecule has 3 heteroatoms. The number of hydrogen-bond acceptors (Lipinski definition) is 3. The second kappa shape index (κ2) is 7.67. The molecule has 2 unspecified atom stereocenters. The van der Waals surface area contributed by atoms with Crippen LogP contribution >= 0.6 is 0 Å². The maximum Gasteiger partial charge on any atom is 0.150 e. The third-order valence-electron chi connectivity index (χ3n) is 3.27. The van der Waals surface area contributed by atoms with Gasteiger partial charge in [-0.15, -0.1) is 0 Å². The summed E-state index contributed by atoms with van der Waals surface area (Å²) < 4.78 is 0. The Morgan fingerprint density at radius 3 is 1.72 bits per heavy atom. The highest BCUT2D eigenvalue weighted by molar-refractivity contribution is 5.90. The van der Waals surface area contributed by atoms with Gasteiger partial charge in [-0.25, -0.2) is 0 Å². The third-order valence-corrected chi connectivity index (χ3v) is 3.27. The van der Waals surface area contributed by atoms with Crippen molar-refractivity contribution in [1.29, 1.82) is 0 Å². The number of Topliss-reactive ketones (excluding diaryl/α,β-unsaturated/α-hetero) is 2. The van der Waals surface area contributed by atoms with Gasteiger partial charge in [-0.1, -0.05) is 41.5 Å². The fraction of sp³-hybridized carbons (Fsp3) is 0.867. The molecule has 0 saturated carbocycles. The number of ketones is 2. The van der Waals surface area contributed by atoms with Gasteiger partial charge in [0.25, 0.3) is 0 Å². The van der Waals surface area contributed by atoms with Crippen molar-refractivity contribution in [3.63, 3.8) is 0 Å². The van der Waals surface area contributed by atoms with E-state index < -0.39 is 0 Å². The Hall–Kier alpha value is -0.700. The molecule has 0 fully saturated rings. The summed E-state index contributed by atoms with van der Waals surface area (Å²) in [5.74, 6) is 0.601. The normalized spacial score (nSPS) is 15.2. The first-order chi connectivity index (χ1) is 8.16. The molecule has 0 rings (SSSR count). The lowest BCUT2D eigenvalue weighted by atomic mass is 9.84. The van der Waals surface area contributed by atoms with Crippen LogP contribution in [0, 0.1) is 17.8 Å². The van der Waals surface area contributed by atoms with Gasteiger partial charge in [0.1, 0.15) is 5.78 Å². The van der Waals surface area contributed by atoms with Gasteiger partial charge in [0.2, 0.25) is 0 Å². The second-order valence-corrected chi connectivity index (χ2v) is 6.17. The minimum absolute atomic E-state index is 0.116. The van der Waals surface area contributed by atoms with Crippen molar-refractivity contribution in [3.05, 3.63) is 0 Å². The first kappa shape index (κ1) is 17.3. The Kier molecular flexibility index (Phi) is 7.37. The summed E-state index contributed by atoms with van der Waals surface area (Å²) in [6.07, 6.45) is 0.357. The molecule has 0 aromatic rings. The molecule has 106 valence electrons. The summed E-state index contributed by atoms with van der Waals surface area (Å²) in [7, 11) is 0. The lowest BCUT2D eigenvalue weighted by molar-refractivity contribution is -0.129. The highest BCUT2D eigenvalue weighted by atomic mass is 16.1. The van der Waals surface area contributed by atoms with Gasteiger partial charge in [0, 0.05) is 18.4 Å². The molecule has 0 aromatic carbocycles. The number of carbonyl (C=O) groups excluding carboxylic acids is 2. The average molecular weight is 255 g/mol. The quantitative estimate of drug-likeness (QED) is 0.725. The van der Waals surface area contributed by atoms with E-state index in [9.17, 15) is 9.59 Å². The van der Waals surface area contributed by atoms with Crippen molar-refractivity contribution in [3.8, 4) is 0 Å². The summed E-state index contributed by atoms with van der Waals surface area (Å²) in [6.45, 7) is 13.7. The Morgan fingerprint density at radius 2 is 1.44 bits per heavy atom. The zero-order chi connectivity index (χ0) is 14.5. The van der Waals surface area contributed by atoms with Crippen LogP contribution in [0.1, 0.15) is 54.9 Å². The molecule has 3 nitrogen and oxygen atoms in total. The monoisotopic (exact) mass is 255 g/mol. The van der Waals surface area contributed by atoms with Crippen molar-refractivity contribution in [2.24, 2.45) is 17.8 Å². The number of rotatable bonds is 8. The van der Waals surface area contributed by atoms with E-state index in [4.69, 9.17) is 0 Å². The second-order valence-electron chi connectivity index (χ2n) is 6.17. The van der Waals surface area contributed by atoms with Gasteiger partial charge in [0.05, 0.1) is 6.04 Å². The van der Waals surface area contributed by atoms with E-state index in [2.05, 4.69) is 5.32 Å². The van der Waals surface area contributed by atoms with Crippen LogP contribution in [0.5, 0.6) is 0 Å². The lowest BCUT2D eigenvalue weighted by Gasteiger charge is -2.26. The van der Waals surface area contributed by atoms with Crippen LogP contribution in [0.3, 0.4) is 0 Å². The molecule has 0 radical (unpaired) electrons. The SMILES string of the molecule is CC(=O)C(CC(=O)C(NC(C)C)C(C)C)C(C)C. The topological polar surface area (TPSA) is 46.2 Å². The molecule has 0 amide bonds. The maximum atomic E-state index is 12.3. The van der Waals surface area contributed by atoms with Gasteiger partial charge >= 0.3 is 0 Å². The van der Waals surface area contributed by atoms with Crippen molar-refractivity contribution in [2.75, 3.05) is 0 Å². The molecule has 0 aliphatic heterocycles. The average Bonchev–Trinajstić information content (AvgIpc) is 2.20. The fourth-order valence-electron chi connectivity index (χ4n) is 2.21. The maximum absolute atomic E-state index is 12.3. The Bertz CT molecular complexity index is 282.